The van der Waals surface area contributed by atoms with E-state index in [1.54, 1.807) is 24.3 Å². The average Bonchev–Trinajstić information content (AvgIpc) is 3.27. The number of carbonyl (C=O) groups is 1. The van der Waals surface area contributed by atoms with E-state index in [0.717, 1.165) is 0 Å². The molecule has 0 unspecified atom stereocenters. The van der Waals surface area contributed by atoms with E-state index < -0.39 is 31.5 Å². The van der Waals surface area contributed by atoms with E-state index in [2.05, 4.69) is 31.9 Å². The summed E-state index contributed by atoms with van der Waals surface area (Å²) in [6.45, 7) is 3.86. The highest BCUT2D eigenvalue weighted by Crippen LogP contribution is 2.65. The fourth-order valence-corrected chi connectivity index (χ4v) is 4.78. The van der Waals surface area contributed by atoms with Crippen LogP contribution < -0.4 is 4.74 Å². The van der Waals surface area contributed by atoms with E-state index in [0.29, 0.717) is 17.1 Å². The van der Waals surface area contributed by atoms with Gasteiger partial charge in [-0.1, -0.05) is 87.6 Å². The molecule has 0 bridgehead atoms. The Morgan fingerprint density at radius 1 is 1.17 bits per heavy atom. The van der Waals surface area contributed by atoms with Gasteiger partial charge in [0.05, 0.1) is 11.3 Å². The lowest BCUT2D eigenvalue weighted by molar-refractivity contribution is -0.149. The summed E-state index contributed by atoms with van der Waals surface area (Å²) < 4.78 is 10.3. The summed E-state index contributed by atoms with van der Waals surface area (Å²) in [5, 5.41) is 9.06. The highest BCUT2D eigenvalue weighted by Gasteiger charge is 2.68. The van der Waals surface area contributed by atoms with Gasteiger partial charge in [-0.2, -0.15) is 5.26 Å². The number of nitrogens with zero attached hydrogens (tertiary/aromatic N) is 1. The van der Waals surface area contributed by atoms with Gasteiger partial charge in [0.25, 0.3) is 0 Å². The number of esters is 1. The molecule has 0 spiro atoms. The van der Waals surface area contributed by atoms with Gasteiger partial charge in [0.1, 0.15) is 17.6 Å². The van der Waals surface area contributed by atoms with Crippen LogP contribution in [0.5, 0.6) is 11.5 Å². The second kappa shape index (κ2) is 9.08. The Kier molecular flexibility index (Phi) is 7.08. The van der Waals surface area contributed by atoms with Gasteiger partial charge in [0, 0.05) is 5.56 Å². The molecule has 1 aliphatic rings. The maximum Gasteiger partial charge on any atom is 0.311 e. The minimum Gasteiger partial charge on any atom is -0.457 e. The number of carbonyl (C=O) groups excluding carboxylic acids is 1. The molecule has 0 amide bonds. The quantitative estimate of drug-likeness (QED) is 0.260. The standard InChI is InChI=1S/C22H19Br2Cl2NO3/c1-21(2)17(19(25)22(23,24)26)18(21)20(28)30-16(12-27)13-7-6-10-15(11-13)29-14-8-4-3-5-9-14/h3-11,16-19H,1-2H3/t16-,17+,18-,19-/m0/s1. The molecule has 2 aromatic rings. The molecule has 0 radical (unpaired) electrons. The van der Waals surface area contributed by atoms with Gasteiger partial charge < -0.3 is 9.47 Å². The van der Waals surface area contributed by atoms with Crippen molar-refractivity contribution in [1.82, 2.24) is 0 Å². The number of hydrogen-bond donors (Lipinski definition) is 0. The topological polar surface area (TPSA) is 59.3 Å². The number of hydrogen-bond acceptors (Lipinski definition) is 4. The van der Waals surface area contributed by atoms with Crippen molar-refractivity contribution in [1.29, 1.82) is 5.26 Å². The third-order valence-electron chi connectivity index (χ3n) is 5.28. The number of halogens is 4. The third kappa shape index (κ3) is 5.13. The molecule has 1 aliphatic carbocycles. The number of nitriles is 1. The Morgan fingerprint density at radius 3 is 2.40 bits per heavy atom. The van der Waals surface area contributed by atoms with Gasteiger partial charge in [-0.05, 0) is 35.6 Å². The molecule has 0 saturated heterocycles. The summed E-state index contributed by atoms with van der Waals surface area (Å²) in [7, 11) is 0. The molecule has 3 rings (SSSR count). The first-order valence-electron chi connectivity index (χ1n) is 9.19. The van der Waals surface area contributed by atoms with Crippen molar-refractivity contribution in [2.24, 2.45) is 17.3 Å². The van der Waals surface area contributed by atoms with Crippen LogP contribution in [0.25, 0.3) is 0 Å². The molecule has 0 heterocycles. The lowest BCUT2D eigenvalue weighted by Gasteiger charge is -2.20. The molecule has 8 heteroatoms. The summed E-state index contributed by atoms with van der Waals surface area (Å²) in [5.74, 6) is 0.0660. The van der Waals surface area contributed by atoms with Crippen LogP contribution in [0.4, 0.5) is 0 Å². The van der Waals surface area contributed by atoms with E-state index in [1.807, 2.05) is 50.2 Å². The van der Waals surface area contributed by atoms with Crippen LogP contribution in [0, 0.1) is 28.6 Å². The van der Waals surface area contributed by atoms with Crippen molar-refractivity contribution in [3.63, 3.8) is 0 Å². The van der Waals surface area contributed by atoms with Gasteiger partial charge in [-0.25, -0.2) is 0 Å². The second-order valence-electron chi connectivity index (χ2n) is 7.70. The zero-order valence-corrected chi connectivity index (χ0v) is 20.9. The van der Waals surface area contributed by atoms with E-state index in [9.17, 15) is 10.1 Å². The fourth-order valence-electron chi connectivity index (χ4n) is 3.60. The fraction of sp³-hybridized carbons (Fsp3) is 0.364. The molecule has 0 aliphatic heterocycles. The number of ether oxygens (including phenoxy) is 2. The highest BCUT2D eigenvalue weighted by atomic mass is 79.9. The van der Waals surface area contributed by atoms with Crippen molar-refractivity contribution in [2.75, 3.05) is 0 Å². The Bertz CT molecular complexity index is 957. The molecule has 0 N–H and O–H groups in total. The van der Waals surface area contributed by atoms with Crippen molar-refractivity contribution >= 4 is 61.0 Å². The zero-order valence-electron chi connectivity index (χ0n) is 16.2. The predicted octanol–water partition coefficient (Wildman–Crippen LogP) is 7.15. The van der Waals surface area contributed by atoms with Gasteiger partial charge in [0.2, 0.25) is 6.10 Å². The predicted molar refractivity (Wildman–Crippen MR) is 124 cm³/mol. The molecule has 1 saturated carbocycles. The summed E-state index contributed by atoms with van der Waals surface area (Å²) in [6.07, 6.45) is -1.06. The molecule has 1 fully saturated rings. The summed E-state index contributed by atoms with van der Waals surface area (Å²) in [4.78, 5) is 12.8. The monoisotopic (exact) mass is 573 g/mol. The minimum absolute atomic E-state index is 0.213. The van der Waals surface area contributed by atoms with Gasteiger partial charge in [0.15, 0.2) is 2.69 Å². The van der Waals surface area contributed by atoms with Crippen molar-refractivity contribution in [3.05, 3.63) is 60.2 Å². The summed E-state index contributed by atoms with van der Waals surface area (Å²) in [5.41, 5.74) is 0.132. The zero-order chi connectivity index (χ0) is 22.1. The normalized spacial score (nSPS) is 21.8. The molecular formula is C22H19Br2Cl2NO3. The molecule has 2 aromatic carbocycles. The SMILES string of the molecule is CC1(C)[C@@H]([C@H](Cl)C(Cl)(Br)Br)[C@H]1C(=O)O[C@@H](C#N)c1cccc(Oc2ccccc2)c1. The first kappa shape index (κ1) is 23.4. The van der Waals surface area contributed by atoms with Crippen LogP contribution in [0.3, 0.4) is 0 Å². The molecule has 0 aromatic heterocycles. The van der Waals surface area contributed by atoms with Crippen molar-refractivity contribution in [3.8, 4) is 17.6 Å². The third-order valence-corrected chi connectivity index (χ3v) is 7.74. The van der Waals surface area contributed by atoms with Gasteiger partial charge in [-0.3, -0.25) is 4.79 Å². The van der Waals surface area contributed by atoms with Crippen LogP contribution in [-0.2, 0) is 9.53 Å². The van der Waals surface area contributed by atoms with E-state index >= 15 is 0 Å². The highest BCUT2D eigenvalue weighted by molar-refractivity contribution is 9.26. The van der Waals surface area contributed by atoms with Gasteiger partial charge >= 0.3 is 5.97 Å². The van der Waals surface area contributed by atoms with Crippen molar-refractivity contribution in [2.45, 2.75) is 28.0 Å². The largest absolute Gasteiger partial charge is 0.457 e. The Balaban J connectivity index is 1.72. The molecule has 4 atom stereocenters. The number of alkyl halides is 4. The maximum atomic E-state index is 12.8. The van der Waals surface area contributed by atoms with Crippen molar-refractivity contribution < 1.29 is 14.3 Å². The van der Waals surface area contributed by atoms with Crippen LogP contribution >= 0.6 is 55.1 Å². The van der Waals surface area contributed by atoms with Crippen LogP contribution in [0.2, 0.25) is 0 Å². The first-order valence-corrected chi connectivity index (χ1v) is 11.6. The van der Waals surface area contributed by atoms with E-state index in [-0.39, 0.29) is 5.92 Å². The Morgan fingerprint density at radius 2 is 1.80 bits per heavy atom. The Labute approximate surface area is 202 Å². The summed E-state index contributed by atoms with van der Waals surface area (Å²) >= 11 is 19.2. The second-order valence-corrected chi connectivity index (χ2v) is 13.2. The van der Waals surface area contributed by atoms with Crippen LogP contribution in [0.1, 0.15) is 25.5 Å². The lowest BCUT2D eigenvalue weighted by Crippen LogP contribution is -2.24. The smallest absolute Gasteiger partial charge is 0.311 e. The summed E-state index contributed by atoms with van der Waals surface area (Å²) in [6, 6.07) is 18.3. The number of rotatable bonds is 7. The molecule has 158 valence electrons. The number of para-hydroxylation sites is 1. The molecule has 30 heavy (non-hydrogen) atoms. The van der Waals surface area contributed by atoms with Crippen LogP contribution in [0.15, 0.2) is 54.6 Å². The Hall–Kier alpha value is -1.26. The first-order chi connectivity index (χ1) is 14.1. The molecule has 4 nitrogen and oxygen atoms in total. The minimum atomic E-state index is -1.06. The van der Waals surface area contributed by atoms with Gasteiger partial charge in [-0.15, -0.1) is 11.6 Å². The molecular weight excluding hydrogens is 557 g/mol. The van der Waals surface area contributed by atoms with E-state index in [1.165, 1.54) is 0 Å². The van der Waals surface area contributed by atoms with Crippen LogP contribution in [-0.4, -0.2) is 14.0 Å². The maximum absolute atomic E-state index is 12.8. The lowest BCUT2D eigenvalue weighted by atomic mass is 10.1. The average molecular weight is 576 g/mol. The number of benzene rings is 2. The van der Waals surface area contributed by atoms with E-state index in [4.69, 9.17) is 32.7 Å².